The van der Waals surface area contributed by atoms with Crippen molar-refractivity contribution in [1.29, 1.82) is 0 Å². The van der Waals surface area contributed by atoms with E-state index in [0.29, 0.717) is 0 Å². The average Bonchev–Trinajstić information content (AvgIpc) is 2.04. The lowest BCUT2D eigenvalue weighted by Gasteiger charge is -2.08. The molecular weight excluding hydrogens is 150 g/mol. The summed E-state index contributed by atoms with van der Waals surface area (Å²) in [4.78, 5) is 4.81. The largest absolute Gasteiger partial charge is 0.305 e. The van der Waals surface area contributed by atoms with E-state index in [1.165, 1.54) is 16.7 Å². The van der Waals surface area contributed by atoms with Crippen LogP contribution >= 0.6 is 0 Å². The molecule has 1 aromatic carbocycles. The zero-order valence-corrected chi connectivity index (χ0v) is 7.85. The summed E-state index contributed by atoms with van der Waals surface area (Å²) in [6.07, 6.45) is 0. The Morgan fingerprint density at radius 2 is 1.83 bits per heavy atom. The zero-order chi connectivity index (χ0) is 8.97. The van der Waals surface area contributed by atoms with Gasteiger partial charge in [-0.15, -0.1) is 0 Å². The van der Waals surface area contributed by atoms with Crippen LogP contribution in [0.15, 0.2) is 18.2 Å². The summed E-state index contributed by atoms with van der Waals surface area (Å²) >= 11 is 0. The molecule has 12 heavy (non-hydrogen) atoms. The Labute approximate surface area is 73.5 Å². The molecule has 2 heteroatoms. The van der Waals surface area contributed by atoms with Crippen LogP contribution in [0, 0.1) is 13.8 Å². The molecule has 0 heterocycles. The van der Waals surface area contributed by atoms with Crippen LogP contribution in [-0.2, 0) is 11.4 Å². The molecule has 0 atom stereocenters. The normalized spacial score (nSPS) is 10.2. The number of aryl methyl sites for hydroxylation is 2. The van der Waals surface area contributed by atoms with Crippen LogP contribution in [0.1, 0.15) is 16.7 Å². The van der Waals surface area contributed by atoms with Gasteiger partial charge in [-0.3, -0.25) is 0 Å². The van der Waals surface area contributed by atoms with Gasteiger partial charge in [0.25, 0.3) is 0 Å². The number of benzene rings is 1. The molecule has 0 fully saturated rings. The summed E-state index contributed by atoms with van der Waals surface area (Å²) < 4.78 is 0. The van der Waals surface area contributed by atoms with E-state index in [1.54, 1.807) is 7.11 Å². The molecule has 0 aliphatic carbocycles. The molecule has 0 aliphatic rings. The number of nitrogens with one attached hydrogen (secondary N) is 1. The van der Waals surface area contributed by atoms with E-state index in [4.69, 9.17) is 4.84 Å². The van der Waals surface area contributed by atoms with Crippen LogP contribution in [0.2, 0.25) is 0 Å². The Morgan fingerprint density at radius 3 is 2.33 bits per heavy atom. The van der Waals surface area contributed by atoms with Crippen LogP contribution in [0.5, 0.6) is 0 Å². The Bertz CT molecular complexity index is 238. The molecule has 0 radical (unpaired) electrons. The maximum Gasteiger partial charge on any atom is 0.0572 e. The van der Waals surface area contributed by atoms with Crippen molar-refractivity contribution in [3.8, 4) is 0 Å². The molecule has 66 valence electrons. The van der Waals surface area contributed by atoms with E-state index in [9.17, 15) is 0 Å². The predicted octanol–water partition coefficient (Wildman–Crippen LogP) is 1.95. The van der Waals surface area contributed by atoms with Crippen molar-refractivity contribution in [3.05, 3.63) is 34.9 Å². The summed E-state index contributed by atoms with van der Waals surface area (Å²) in [6, 6.07) is 6.29. The van der Waals surface area contributed by atoms with Crippen molar-refractivity contribution < 1.29 is 4.84 Å². The third-order valence-electron chi connectivity index (χ3n) is 2.04. The van der Waals surface area contributed by atoms with E-state index in [0.717, 1.165) is 6.54 Å². The first kappa shape index (κ1) is 9.23. The topological polar surface area (TPSA) is 21.3 Å². The fourth-order valence-corrected chi connectivity index (χ4v) is 1.27. The quantitative estimate of drug-likeness (QED) is 0.691. The van der Waals surface area contributed by atoms with Crippen LogP contribution < -0.4 is 5.48 Å². The molecule has 0 saturated carbocycles. The van der Waals surface area contributed by atoms with Gasteiger partial charge in [-0.1, -0.05) is 18.2 Å². The lowest BCUT2D eigenvalue weighted by Crippen LogP contribution is -2.12. The first-order chi connectivity index (χ1) is 5.75. The van der Waals surface area contributed by atoms with E-state index in [-0.39, 0.29) is 0 Å². The smallest absolute Gasteiger partial charge is 0.0572 e. The Balaban J connectivity index is 2.81. The molecule has 0 aliphatic heterocycles. The van der Waals surface area contributed by atoms with Gasteiger partial charge < -0.3 is 4.84 Å². The van der Waals surface area contributed by atoms with Crippen LogP contribution in [-0.4, -0.2) is 7.11 Å². The molecule has 1 aromatic rings. The summed E-state index contributed by atoms with van der Waals surface area (Å²) in [5.74, 6) is 0. The van der Waals surface area contributed by atoms with Crippen molar-refractivity contribution >= 4 is 0 Å². The highest BCUT2D eigenvalue weighted by atomic mass is 16.6. The molecule has 1 N–H and O–H groups in total. The number of rotatable bonds is 3. The summed E-state index contributed by atoms with van der Waals surface area (Å²) in [5, 5.41) is 0. The predicted molar refractivity (Wildman–Crippen MR) is 49.8 cm³/mol. The van der Waals surface area contributed by atoms with Gasteiger partial charge in [0.1, 0.15) is 0 Å². The van der Waals surface area contributed by atoms with E-state index in [2.05, 4.69) is 37.5 Å². The van der Waals surface area contributed by atoms with Gasteiger partial charge in [-0.05, 0) is 30.5 Å². The van der Waals surface area contributed by atoms with Crippen LogP contribution in [0.25, 0.3) is 0 Å². The first-order valence-corrected chi connectivity index (χ1v) is 4.06. The van der Waals surface area contributed by atoms with Crippen molar-refractivity contribution in [2.45, 2.75) is 20.4 Å². The molecule has 2 nitrogen and oxygen atoms in total. The molecular formula is C10H15NO. The third kappa shape index (κ3) is 2.06. The van der Waals surface area contributed by atoms with Crippen molar-refractivity contribution in [3.63, 3.8) is 0 Å². The Morgan fingerprint density at radius 1 is 1.25 bits per heavy atom. The SMILES string of the molecule is CONCc1c(C)cccc1C. The second-order valence-electron chi connectivity index (χ2n) is 2.90. The molecule has 1 rings (SSSR count). The minimum atomic E-state index is 0.773. The van der Waals surface area contributed by atoms with Gasteiger partial charge in [-0.25, -0.2) is 0 Å². The number of hydrogen-bond acceptors (Lipinski definition) is 2. The second-order valence-corrected chi connectivity index (χ2v) is 2.90. The van der Waals surface area contributed by atoms with E-state index in [1.807, 2.05) is 0 Å². The van der Waals surface area contributed by atoms with Gasteiger partial charge in [0.15, 0.2) is 0 Å². The third-order valence-corrected chi connectivity index (χ3v) is 2.04. The number of hydrogen-bond donors (Lipinski definition) is 1. The highest BCUT2D eigenvalue weighted by Gasteiger charge is 1.99. The highest BCUT2D eigenvalue weighted by Crippen LogP contribution is 2.12. The summed E-state index contributed by atoms with van der Waals surface area (Å²) in [6.45, 7) is 4.99. The van der Waals surface area contributed by atoms with Crippen molar-refractivity contribution in [2.75, 3.05) is 7.11 Å². The van der Waals surface area contributed by atoms with E-state index < -0.39 is 0 Å². The molecule has 0 amide bonds. The minimum absolute atomic E-state index is 0.773. The zero-order valence-electron chi connectivity index (χ0n) is 7.85. The Hall–Kier alpha value is -0.860. The molecule has 0 bridgehead atoms. The van der Waals surface area contributed by atoms with Gasteiger partial charge in [0.05, 0.1) is 7.11 Å². The maximum atomic E-state index is 4.81. The molecule has 0 unspecified atom stereocenters. The molecule has 0 spiro atoms. The lowest BCUT2D eigenvalue weighted by molar-refractivity contribution is 0.0864. The standard InChI is InChI=1S/C10H15NO/c1-8-5-4-6-9(2)10(8)7-11-12-3/h4-6,11H,7H2,1-3H3. The minimum Gasteiger partial charge on any atom is -0.305 e. The van der Waals surface area contributed by atoms with Gasteiger partial charge in [0, 0.05) is 6.54 Å². The molecule has 0 aromatic heterocycles. The first-order valence-electron chi connectivity index (χ1n) is 4.06. The summed E-state index contributed by atoms with van der Waals surface area (Å²) in [7, 11) is 1.63. The van der Waals surface area contributed by atoms with Crippen molar-refractivity contribution in [1.82, 2.24) is 5.48 Å². The monoisotopic (exact) mass is 165 g/mol. The molecule has 0 saturated heterocycles. The summed E-state index contributed by atoms with van der Waals surface area (Å²) in [5.41, 5.74) is 6.78. The van der Waals surface area contributed by atoms with Gasteiger partial charge >= 0.3 is 0 Å². The van der Waals surface area contributed by atoms with Gasteiger partial charge in [0.2, 0.25) is 0 Å². The lowest BCUT2D eigenvalue weighted by atomic mass is 10.0. The maximum absolute atomic E-state index is 4.81. The second kappa shape index (κ2) is 4.24. The Kier molecular flexibility index (Phi) is 3.26. The van der Waals surface area contributed by atoms with Crippen LogP contribution in [0.4, 0.5) is 0 Å². The fourth-order valence-electron chi connectivity index (χ4n) is 1.27. The van der Waals surface area contributed by atoms with Crippen LogP contribution in [0.3, 0.4) is 0 Å². The van der Waals surface area contributed by atoms with Gasteiger partial charge in [-0.2, -0.15) is 5.48 Å². The highest BCUT2D eigenvalue weighted by molar-refractivity contribution is 5.33. The average molecular weight is 165 g/mol. The number of hydroxylamine groups is 1. The van der Waals surface area contributed by atoms with E-state index >= 15 is 0 Å². The fraction of sp³-hybridized carbons (Fsp3) is 0.400. The van der Waals surface area contributed by atoms with Crippen molar-refractivity contribution in [2.24, 2.45) is 0 Å².